The molecule has 0 unspecified atom stereocenters. The lowest BCUT2D eigenvalue weighted by atomic mass is 10.1. The maximum atomic E-state index is 5.43. The number of aromatic nitrogens is 2. The van der Waals surface area contributed by atoms with E-state index in [2.05, 4.69) is 22.2 Å². The van der Waals surface area contributed by atoms with E-state index in [9.17, 15) is 0 Å². The quantitative estimate of drug-likeness (QED) is 0.916. The fourth-order valence-corrected chi connectivity index (χ4v) is 2.33. The lowest BCUT2D eigenvalue weighted by Crippen LogP contribution is -2.05. The van der Waals surface area contributed by atoms with E-state index < -0.39 is 0 Å². The Morgan fingerprint density at radius 1 is 1.14 bits per heavy atom. The van der Waals surface area contributed by atoms with Gasteiger partial charge in [-0.05, 0) is 25.5 Å². The van der Waals surface area contributed by atoms with Crippen LogP contribution in [0.1, 0.15) is 18.2 Å². The van der Waals surface area contributed by atoms with Crippen molar-refractivity contribution in [3.63, 3.8) is 0 Å². The van der Waals surface area contributed by atoms with Crippen molar-refractivity contribution in [2.24, 2.45) is 0 Å². The van der Waals surface area contributed by atoms with Crippen LogP contribution in [0.2, 0.25) is 0 Å². The fraction of sp³-hybridized carbons (Fsp3) is 0.375. The lowest BCUT2D eigenvalue weighted by molar-refractivity contribution is 0.395. The summed E-state index contributed by atoms with van der Waals surface area (Å²) in [5.74, 6) is 2.94. The molecule has 0 aliphatic heterocycles. The third-order valence-corrected chi connectivity index (χ3v) is 3.45. The van der Waals surface area contributed by atoms with Crippen molar-refractivity contribution in [2.45, 2.75) is 20.3 Å². The molecule has 0 amide bonds. The van der Waals surface area contributed by atoms with E-state index >= 15 is 0 Å². The SMILES string of the molecule is CCc1c(C)nc(-c2ccc(OC)cc2OC)nc1NC. The van der Waals surface area contributed by atoms with E-state index in [0.29, 0.717) is 11.6 Å². The van der Waals surface area contributed by atoms with Crippen LogP contribution in [-0.2, 0) is 6.42 Å². The molecule has 1 aromatic carbocycles. The summed E-state index contributed by atoms with van der Waals surface area (Å²) in [7, 11) is 5.13. The Kier molecular flexibility index (Phi) is 4.62. The first-order chi connectivity index (χ1) is 10.1. The van der Waals surface area contributed by atoms with E-state index in [1.165, 1.54) is 0 Å². The Hall–Kier alpha value is -2.30. The first kappa shape index (κ1) is 15.1. The van der Waals surface area contributed by atoms with Crippen molar-refractivity contribution >= 4 is 5.82 Å². The van der Waals surface area contributed by atoms with Gasteiger partial charge >= 0.3 is 0 Å². The van der Waals surface area contributed by atoms with Crippen LogP contribution in [0.4, 0.5) is 5.82 Å². The number of ether oxygens (including phenoxy) is 2. The molecule has 0 bridgehead atoms. The number of methoxy groups -OCH3 is 2. The molecule has 0 atom stereocenters. The molecular weight excluding hydrogens is 266 g/mol. The molecule has 0 saturated carbocycles. The zero-order valence-corrected chi connectivity index (χ0v) is 13.2. The first-order valence-corrected chi connectivity index (χ1v) is 6.92. The molecule has 5 nitrogen and oxygen atoms in total. The molecule has 5 heteroatoms. The normalized spacial score (nSPS) is 10.3. The molecule has 1 N–H and O–H groups in total. The summed E-state index contributed by atoms with van der Waals surface area (Å²) in [6.45, 7) is 4.10. The average molecular weight is 287 g/mol. The van der Waals surface area contributed by atoms with Crippen LogP contribution < -0.4 is 14.8 Å². The van der Waals surface area contributed by atoms with Crippen LogP contribution >= 0.6 is 0 Å². The maximum absolute atomic E-state index is 5.43. The van der Waals surface area contributed by atoms with Gasteiger partial charge in [0.05, 0.1) is 19.8 Å². The Bertz CT molecular complexity index is 642. The number of aryl methyl sites for hydroxylation is 1. The van der Waals surface area contributed by atoms with Gasteiger partial charge in [-0.1, -0.05) is 6.92 Å². The van der Waals surface area contributed by atoms with E-state index in [0.717, 1.165) is 34.8 Å². The molecule has 1 aromatic heterocycles. The molecule has 2 aromatic rings. The number of benzene rings is 1. The van der Waals surface area contributed by atoms with Gasteiger partial charge in [0, 0.05) is 24.4 Å². The highest BCUT2D eigenvalue weighted by Gasteiger charge is 2.14. The van der Waals surface area contributed by atoms with Crippen LogP contribution in [0.3, 0.4) is 0 Å². The summed E-state index contributed by atoms with van der Waals surface area (Å²) < 4.78 is 10.7. The Morgan fingerprint density at radius 2 is 1.90 bits per heavy atom. The second-order valence-electron chi connectivity index (χ2n) is 4.63. The largest absolute Gasteiger partial charge is 0.497 e. The van der Waals surface area contributed by atoms with Crippen molar-refractivity contribution in [3.8, 4) is 22.9 Å². The second-order valence-corrected chi connectivity index (χ2v) is 4.63. The minimum Gasteiger partial charge on any atom is -0.497 e. The van der Waals surface area contributed by atoms with E-state index in [4.69, 9.17) is 9.47 Å². The van der Waals surface area contributed by atoms with Crippen molar-refractivity contribution in [1.29, 1.82) is 0 Å². The highest BCUT2D eigenvalue weighted by atomic mass is 16.5. The van der Waals surface area contributed by atoms with Crippen LogP contribution in [0, 0.1) is 6.92 Å². The molecule has 0 radical (unpaired) electrons. The molecule has 0 saturated heterocycles. The number of anilines is 1. The summed E-state index contributed by atoms with van der Waals surface area (Å²) in [6, 6.07) is 5.63. The molecule has 0 aliphatic carbocycles. The average Bonchev–Trinajstić information content (AvgIpc) is 2.53. The molecular formula is C16H21N3O2. The van der Waals surface area contributed by atoms with Gasteiger partial charge < -0.3 is 14.8 Å². The minimum absolute atomic E-state index is 0.647. The number of nitrogens with zero attached hydrogens (tertiary/aromatic N) is 2. The second kappa shape index (κ2) is 6.43. The van der Waals surface area contributed by atoms with E-state index in [1.807, 2.05) is 32.2 Å². The fourth-order valence-electron chi connectivity index (χ4n) is 2.33. The van der Waals surface area contributed by atoms with Gasteiger partial charge in [-0.15, -0.1) is 0 Å². The van der Waals surface area contributed by atoms with Crippen LogP contribution in [-0.4, -0.2) is 31.2 Å². The van der Waals surface area contributed by atoms with Crippen molar-refractivity contribution in [1.82, 2.24) is 9.97 Å². The van der Waals surface area contributed by atoms with E-state index in [-0.39, 0.29) is 0 Å². The number of rotatable bonds is 5. The van der Waals surface area contributed by atoms with Crippen LogP contribution in [0.15, 0.2) is 18.2 Å². The van der Waals surface area contributed by atoms with E-state index in [1.54, 1.807) is 14.2 Å². The predicted octanol–water partition coefficient (Wildman–Crippen LogP) is 3.07. The van der Waals surface area contributed by atoms with Gasteiger partial charge in [-0.25, -0.2) is 9.97 Å². The number of hydrogen-bond donors (Lipinski definition) is 1. The summed E-state index contributed by atoms with van der Waals surface area (Å²) in [4.78, 5) is 9.23. The molecule has 112 valence electrons. The zero-order chi connectivity index (χ0) is 15.4. The topological polar surface area (TPSA) is 56.3 Å². The molecule has 0 spiro atoms. The predicted molar refractivity (Wildman–Crippen MR) is 84.2 cm³/mol. The minimum atomic E-state index is 0.647. The van der Waals surface area contributed by atoms with Crippen molar-refractivity contribution < 1.29 is 9.47 Å². The monoisotopic (exact) mass is 287 g/mol. The smallest absolute Gasteiger partial charge is 0.165 e. The van der Waals surface area contributed by atoms with Gasteiger partial charge in [0.2, 0.25) is 0 Å². The van der Waals surface area contributed by atoms with Crippen LogP contribution in [0.5, 0.6) is 11.5 Å². The summed E-state index contributed by atoms with van der Waals surface area (Å²) in [6.07, 6.45) is 0.891. The standard InChI is InChI=1S/C16H21N3O2/c1-6-12-10(2)18-16(19-15(12)17-3)13-8-7-11(20-4)9-14(13)21-5/h7-9H,6H2,1-5H3,(H,17,18,19). The zero-order valence-electron chi connectivity index (χ0n) is 13.2. The molecule has 21 heavy (non-hydrogen) atoms. The highest BCUT2D eigenvalue weighted by Crippen LogP contribution is 2.32. The first-order valence-electron chi connectivity index (χ1n) is 6.92. The maximum Gasteiger partial charge on any atom is 0.165 e. The number of hydrogen-bond acceptors (Lipinski definition) is 5. The molecule has 2 rings (SSSR count). The van der Waals surface area contributed by atoms with Gasteiger partial charge in [-0.2, -0.15) is 0 Å². The summed E-state index contributed by atoms with van der Waals surface area (Å²) in [5, 5.41) is 3.14. The third kappa shape index (κ3) is 2.91. The molecule has 0 aliphatic rings. The van der Waals surface area contributed by atoms with Gasteiger partial charge in [0.25, 0.3) is 0 Å². The molecule has 0 fully saturated rings. The van der Waals surface area contributed by atoms with Gasteiger partial charge in [0.1, 0.15) is 17.3 Å². The highest BCUT2D eigenvalue weighted by molar-refractivity contribution is 5.68. The van der Waals surface area contributed by atoms with Gasteiger partial charge in [-0.3, -0.25) is 0 Å². The lowest BCUT2D eigenvalue weighted by Gasteiger charge is -2.14. The summed E-state index contributed by atoms with van der Waals surface area (Å²) in [5.41, 5.74) is 2.96. The number of nitrogens with one attached hydrogen (secondary N) is 1. The molecule has 1 heterocycles. The van der Waals surface area contributed by atoms with Gasteiger partial charge in [0.15, 0.2) is 5.82 Å². The van der Waals surface area contributed by atoms with Crippen molar-refractivity contribution in [2.75, 3.05) is 26.6 Å². The van der Waals surface area contributed by atoms with Crippen molar-refractivity contribution in [3.05, 3.63) is 29.5 Å². The van der Waals surface area contributed by atoms with Crippen LogP contribution in [0.25, 0.3) is 11.4 Å². The summed E-state index contributed by atoms with van der Waals surface area (Å²) >= 11 is 0. The Balaban J connectivity index is 2.59. The Labute approximate surface area is 125 Å². The Morgan fingerprint density at radius 3 is 2.48 bits per heavy atom. The third-order valence-electron chi connectivity index (χ3n) is 3.45.